The van der Waals surface area contributed by atoms with Crippen LogP contribution in [-0.2, 0) is 15.9 Å². The Labute approximate surface area is 156 Å². The summed E-state index contributed by atoms with van der Waals surface area (Å²) < 4.78 is 6.71. The fraction of sp³-hybridized carbons (Fsp3) is 0.400. The maximum atomic E-state index is 6.71. The molecule has 0 aromatic heterocycles. The second kappa shape index (κ2) is 7.45. The lowest BCUT2D eigenvalue weighted by molar-refractivity contribution is -0.107. The van der Waals surface area contributed by atoms with E-state index >= 15 is 0 Å². The Morgan fingerprint density at radius 1 is 1.00 bits per heavy atom. The molecule has 2 nitrogen and oxygen atoms in total. The predicted octanol–water partition coefficient (Wildman–Crippen LogP) is 5.27. The topological polar surface area (TPSA) is 21.3 Å². The van der Waals surface area contributed by atoms with Crippen molar-refractivity contribution in [2.75, 3.05) is 13.6 Å². The monoisotopic (exact) mass is 365 g/mol. The summed E-state index contributed by atoms with van der Waals surface area (Å²) in [7, 11) is 1.99. The summed E-state index contributed by atoms with van der Waals surface area (Å²) >= 11 is 6.10. The van der Waals surface area contributed by atoms with Gasteiger partial charge in [-0.15, -0.1) is 12.4 Å². The van der Waals surface area contributed by atoms with Crippen LogP contribution in [0.15, 0.2) is 48.5 Å². The van der Waals surface area contributed by atoms with E-state index in [1.165, 1.54) is 16.7 Å². The summed E-state index contributed by atoms with van der Waals surface area (Å²) in [5.41, 5.74) is 3.04. The molecule has 1 heterocycles. The van der Waals surface area contributed by atoms with Crippen LogP contribution in [-0.4, -0.2) is 13.6 Å². The summed E-state index contributed by atoms with van der Waals surface area (Å²) in [6.07, 6.45) is 1.99. The van der Waals surface area contributed by atoms with Crippen molar-refractivity contribution < 1.29 is 4.74 Å². The first-order chi connectivity index (χ1) is 11.0. The lowest BCUT2D eigenvalue weighted by atomic mass is 9.81. The molecule has 3 rings (SSSR count). The molecule has 0 spiro atoms. The summed E-state index contributed by atoms with van der Waals surface area (Å²) in [4.78, 5) is 0. The quantitative estimate of drug-likeness (QED) is 0.728. The third kappa shape index (κ3) is 3.34. The molecule has 1 unspecified atom stereocenters. The first-order valence-electron chi connectivity index (χ1n) is 8.20. The van der Waals surface area contributed by atoms with Gasteiger partial charge in [0, 0.05) is 5.02 Å². The van der Waals surface area contributed by atoms with E-state index in [1.807, 2.05) is 19.2 Å². The lowest BCUT2D eigenvalue weighted by Crippen LogP contribution is -2.31. The second-order valence-corrected chi connectivity index (χ2v) is 7.14. The molecule has 0 radical (unpaired) electrons. The highest BCUT2D eigenvalue weighted by Gasteiger charge is 2.49. The fourth-order valence-corrected chi connectivity index (χ4v) is 3.81. The van der Waals surface area contributed by atoms with E-state index in [9.17, 15) is 0 Å². The Morgan fingerprint density at radius 2 is 1.62 bits per heavy atom. The first-order valence-corrected chi connectivity index (χ1v) is 8.58. The Bertz CT molecular complexity index is 684. The molecule has 24 heavy (non-hydrogen) atoms. The number of nitrogens with one attached hydrogen (secondary N) is 1. The Morgan fingerprint density at radius 3 is 2.25 bits per heavy atom. The van der Waals surface area contributed by atoms with Crippen molar-refractivity contribution in [1.29, 1.82) is 0 Å². The average molecular weight is 366 g/mol. The van der Waals surface area contributed by atoms with Crippen LogP contribution < -0.4 is 5.32 Å². The lowest BCUT2D eigenvalue weighted by Gasteiger charge is -2.33. The van der Waals surface area contributed by atoms with Gasteiger partial charge in [0.1, 0.15) is 5.60 Å². The maximum Gasteiger partial charge on any atom is 0.120 e. The molecule has 0 aliphatic carbocycles. The zero-order chi connectivity index (χ0) is 16.5. The minimum Gasteiger partial charge on any atom is -0.355 e. The SMILES string of the molecule is CNCCCC1(c2ccc(Cl)cc2)OC(C)(C)c2ccccc21.Cl. The largest absolute Gasteiger partial charge is 0.355 e. The summed E-state index contributed by atoms with van der Waals surface area (Å²) in [6.45, 7) is 5.28. The number of fused-ring (bicyclic) bond motifs is 1. The van der Waals surface area contributed by atoms with Crippen LogP contribution in [0.3, 0.4) is 0 Å². The van der Waals surface area contributed by atoms with Gasteiger partial charge >= 0.3 is 0 Å². The molecule has 0 fully saturated rings. The second-order valence-electron chi connectivity index (χ2n) is 6.70. The predicted molar refractivity (Wildman–Crippen MR) is 103 cm³/mol. The van der Waals surface area contributed by atoms with Gasteiger partial charge < -0.3 is 10.1 Å². The molecule has 2 aromatic carbocycles. The van der Waals surface area contributed by atoms with Crippen molar-refractivity contribution in [3.05, 3.63) is 70.2 Å². The molecular weight excluding hydrogens is 341 g/mol. The smallest absolute Gasteiger partial charge is 0.120 e. The number of hydrogen-bond donors (Lipinski definition) is 1. The Hall–Kier alpha value is -1.06. The van der Waals surface area contributed by atoms with E-state index in [1.54, 1.807) is 0 Å². The molecule has 4 heteroatoms. The third-order valence-electron chi connectivity index (χ3n) is 4.71. The average Bonchev–Trinajstić information content (AvgIpc) is 2.77. The Kier molecular flexibility index (Phi) is 5.98. The van der Waals surface area contributed by atoms with Gasteiger partial charge in [-0.2, -0.15) is 0 Å². The van der Waals surface area contributed by atoms with Crippen LogP contribution in [0.5, 0.6) is 0 Å². The van der Waals surface area contributed by atoms with Crippen molar-refractivity contribution in [3.63, 3.8) is 0 Å². The number of benzene rings is 2. The van der Waals surface area contributed by atoms with E-state index in [0.29, 0.717) is 0 Å². The minimum atomic E-state index is -0.401. The normalized spacial score (nSPS) is 21.2. The molecule has 0 bridgehead atoms. The van der Waals surface area contributed by atoms with Gasteiger partial charge in [-0.3, -0.25) is 0 Å². The van der Waals surface area contributed by atoms with E-state index < -0.39 is 5.60 Å². The molecule has 1 aliphatic rings. The molecule has 1 atom stereocenters. The molecule has 0 saturated carbocycles. The van der Waals surface area contributed by atoms with E-state index in [4.69, 9.17) is 16.3 Å². The van der Waals surface area contributed by atoms with Gasteiger partial charge in [-0.05, 0) is 69.1 Å². The van der Waals surface area contributed by atoms with Gasteiger partial charge in [0.25, 0.3) is 0 Å². The number of ether oxygens (including phenoxy) is 1. The van der Waals surface area contributed by atoms with Gasteiger partial charge in [-0.25, -0.2) is 0 Å². The summed E-state index contributed by atoms with van der Waals surface area (Å²) in [5, 5.41) is 3.99. The number of hydrogen-bond acceptors (Lipinski definition) is 2. The molecule has 1 aliphatic heterocycles. The van der Waals surface area contributed by atoms with E-state index in [-0.39, 0.29) is 18.0 Å². The Balaban J connectivity index is 0.00000208. The number of rotatable bonds is 5. The van der Waals surface area contributed by atoms with Crippen LogP contribution >= 0.6 is 24.0 Å². The third-order valence-corrected chi connectivity index (χ3v) is 4.96. The van der Waals surface area contributed by atoms with Crippen molar-refractivity contribution in [2.24, 2.45) is 0 Å². The van der Waals surface area contributed by atoms with Gasteiger partial charge in [0.15, 0.2) is 0 Å². The molecule has 2 aromatic rings. The van der Waals surface area contributed by atoms with Crippen LogP contribution in [0.4, 0.5) is 0 Å². The molecule has 0 amide bonds. The molecular formula is C20H25Cl2NO. The van der Waals surface area contributed by atoms with Gasteiger partial charge in [0.2, 0.25) is 0 Å². The standard InChI is InChI=1S/C20H24ClNO.ClH/c1-19(2)17-7-4-5-8-18(17)20(23-19,13-6-14-22-3)15-9-11-16(21)12-10-15;/h4-5,7-12,22H,6,13-14H2,1-3H3;1H. The van der Waals surface area contributed by atoms with Crippen molar-refractivity contribution in [1.82, 2.24) is 5.32 Å². The van der Waals surface area contributed by atoms with Gasteiger partial charge in [-0.1, -0.05) is 48.0 Å². The van der Waals surface area contributed by atoms with E-state index in [0.717, 1.165) is 24.4 Å². The first kappa shape index (κ1) is 19.3. The summed E-state index contributed by atoms with van der Waals surface area (Å²) in [5.74, 6) is 0. The number of halogens is 2. The fourth-order valence-electron chi connectivity index (χ4n) is 3.68. The highest BCUT2D eigenvalue weighted by atomic mass is 35.5. The van der Waals surface area contributed by atoms with Crippen molar-refractivity contribution in [2.45, 2.75) is 37.9 Å². The van der Waals surface area contributed by atoms with Crippen molar-refractivity contribution in [3.8, 4) is 0 Å². The molecule has 130 valence electrons. The molecule has 0 saturated heterocycles. The summed E-state index contributed by atoms with van der Waals surface area (Å²) in [6, 6.07) is 16.7. The van der Waals surface area contributed by atoms with Gasteiger partial charge in [0.05, 0.1) is 5.60 Å². The maximum absolute atomic E-state index is 6.71. The van der Waals surface area contributed by atoms with E-state index in [2.05, 4.69) is 55.6 Å². The zero-order valence-electron chi connectivity index (χ0n) is 14.4. The van der Waals surface area contributed by atoms with Crippen LogP contribution in [0.25, 0.3) is 0 Å². The van der Waals surface area contributed by atoms with Crippen LogP contribution in [0.1, 0.15) is 43.4 Å². The van der Waals surface area contributed by atoms with Crippen LogP contribution in [0, 0.1) is 0 Å². The zero-order valence-corrected chi connectivity index (χ0v) is 16.0. The highest BCUT2D eigenvalue weighted by Crippen LogP contribution is 2.52. The minimum absolute atomic E-state index is 0. The van der Waals surface area contributed by atoms with Crippen molar-refractivity contribution >= 4 is 24.0 Å². The highest BCUT2D eigenvalue weighted by molar-refractivity contribution is 6.30. The van der Waals surface area contributed by atoms with Crippen LogP contribution in [0.2, 0.25) is 5.02 Å². The molecule has 1 N–H and O–H groups in total.